The van der Waals surface area contributed by atoms with Crippen LogP contribution in [0.3, 0.4) is 0 Å². The molecule has 2 aromatic heterocycles. The number of carbonyl (C=O) groups excluding carboxylic acids is 1. The van der Waals surface area contributed by atoms with E-state index in [-0.39, 0.29) is 47.8 Å². The molecule has 0 saturated heterocycles. The summed E-state index contributed by atoms with van der Waals surface area (Å²) in [5.41, 5.74) is 1.22. The van der Waals surface area contributed by atoms with Gasteiger partial charge in [-0.3, -0.25) is 0 Å². The lowest BCUT2D eigenvalue weighted by Gasteiger charge is -2.41. The van der Waals surface area contributed by atoms with E-state index in [1.54, 1.807) is 4.52 Å². The molecule has 8 nitrogen and oxygen atoms in total. The van der Waals surface area contributed by atoms with Crippen LogP contribution in [0.15, 0.2) is 35.6 Å². The Morgan fingerprint density at radius 2 is 1.79 bits per heavy atom. The number of phenolic OH excluding ortho intramolecular Hbond substituents is 1. The second-order valence-electron chi connectivity index (χ2n) is 10.8. The van der Waals surface area contributed by atoms with E-state index in [4.69, 9.17) is 4.74 Å². The number of aromatic nitrogens is 4. The van der Waals surface area contributed by atoms with Crippen LogP contribution in [-0.4, -0.2) is 47.5 Å². The van der Waals surface area contributed by atoms with Crippen LogP contribution in [0.5, 0.6) is 5.75 Å². The number of halogens is 3. The number of hydrogen-bond acceptors (Lipinski definition) is 7. The molecule has 5 rings (SSSR count). The number of esters is 1. The average molecular weight is 545 g/mol. The third-order valence-electron chi connectivity index (χ3n) is 7.73. The number of fused-ring (bicyclic) bond motifs is 1. The first-order valence-corrected chi connectivity index (χ1v) is 13.1. The SMILES string of the molecule is Cc1cc(C)n2nc(CC3=C(O)CC(CCc4cc(O)cc(CC(F)(F)F)c4)(C4CCCC4)OC3=O)nc2n1. The van der Waals surface area contributed by atoms with Crippen molar-refractivity contribution < 1.29 is 32.9 Å². The van der Waals surface area contributed by atoms with Gasteiger partial charge >= 0.3 is 12.1 Å². The molecule has 2 N–H and O–H groups in total. The number of phenols is 1. The zero-order valence-corrected chi connectivity index (χ0v) is 21.9. The maximum atomic E-state index is 13.3. The van der Waals surface area contributed by atoms with E-state index in [0.29, 0.717) is 23.6 Å². The summed E-state index contributed by atoms with van der Waals surface area (Å²) in [7, 11) is 0. The zero-order chi connectivity index (χ0) is 27.9. The van der Waals surface area contributed by atoms with E-state index < -0.39 is 24.2 Å². The minimum atomic E-state index is -4.40. The van der Waals surface area contributed by atoms with Crippen LogP contribution in [0.2, 0.25) is 0 Å². The number of alkyl halides is 3. The molecule has 0 spiro atoms. The number of aliphatic hydroxyl groups excluding tert-OH is 1. The summed E-state index contributed by atoms with van der Waals surface area (Å²) in [5.74, 6) is -0.207. The van der Waals surface area contributed by atoms with Crippen LogP contribution in [0.1, 0.15) is 66.9 Å². The average Bonchev–Trinajstić information content (AvgIpc) is 3.49. The molecule has 1 saturated carbocycles. The molecule has 1 unspecified atom stereocenters. The van der Waals surface area contributed by atoms with Gasteiger partial charge in [-0.25, -0.2) is 14.3 Å². The first-order chi connectivity index (χ1) is 18.4. The minimum absolute atomic E-state index is 0.0133. The Hall–Kier alpha value is -3.63. The predicted molar refractivity (Wildman–Crippen MR) is 135 cm³/mol. The maximum Gasteiger partial charge on any atom is 0.393 e. The first-order valence-electron chi connectivity index (χ1n) is 13.1. The number of aryl methyl sites for hydroxylation is 3. The highest BCUT2D eigenvalue weighted by molar-refractivity contribution is 5.90. The second kappa shape index (κ2) is 10.2. The number of rotatable bonds is 7. The first kappa shape index (κ1) is 27.0. The minimum Gasteiger partial charge on any atom is -0.512 e. The van der Waals surface area contributed by atoms with Crippen LogP contribution in [0.4, 0.5) is 13.2 Å². The lowest BCUT2D eigenvalue weighted by Crippen LogP contribution is -2.46. The molecule has 39 heavy (non-hydrogen) atoms. The summed E-state index contributed by atoms with van der Waals surface area (Å²) >= 11 is 0. The summed E-state index contributed by atoms with van der Waals surface area (Å²) in [5, 5.41) is 25.6. The van der Waals surface area contributed by atoms with Crippen molar-refractivity contribution in [3.8, 4) is 5.75 Å². The largest absolute Gasteiger partial charge is 0.512 e. The monoisotopic (exact) mass is 544 g/mol. The van der Waals surface area contributed by atoms with E-state index in [1.807, 2.05) is 19.9 Å². The van der Waals surface area contributed by atoms with Crippen LogP contribution in [-0.2, 0) is 28.8 Å². The van der Waals surface area contributed by atoms with Gasteiger partial charge in [0.15, 0.2) is 5.82 Å². The quantitative estimate of drug-likeness (QED) is 0.383. The summed E-state index contributed by atoms with van der Waals surface area (Å²) in [6, 6.07) is 5.83. The van der Waals surface area contributed by atoms with E-state index in [0.717, 1.165) is 43.1 Å². The third-order valence-corrected chi connectivity index (χ3v) is 7.73. The topological polar surface area (TPSA) is 110 Å². The number of aromatic hydroxyl groups is 1. The molecule has 3 heterocycles. The van der Waals surface area contributed by atoms with Crippen molar-refractivity contribution in [2.45, 2.75) is 83.4 Å². The number of hydrogen-bond donors (Lipinski definition) is 2. The molecule has 11 heteroatoms. The van der Waals surface area contributed by atoms with Gasteiger partial charge in [0.2, 0.25) is 0 Å². The van der Waals surface area contributed by atoms with E-state index in [2.05, 4.69) is 15.1 Å². The molecular weight excluding hydrogens is 513 g/mol. The maximum absolute atomic E-state index is 13.3. The summed E-state index contributed by atoms with van der Waals surface area (Å²) in [6.45, 7) is 3.73. The predicted octanol–water partition coefficient (Wildman–Crippen LogP) is 5.41. The van der Waals surface area contributed by atoms with Crippen molar-refractivity contribution in [2.24, 2.45) is 5.92 Å². The highest BCUT2D eigenvalue weighted by Gasteiger charge is 2.48. The lowest BCUT2D eigenvalue weighted by molar-refractivity contribution is -0.167. The number of aliphatic hydroxyl groups is 1. The molecule has 0 amide bonds. The second-order valence-corrected chi connectivity index (χ2v) is 10.8. The highest BCUT2D eigenvalue weighted by atomic mass is 19.4. The van der Waals surface area contributed by atoms with Gasteiger partial charge in [-0.05, 0) is 74.8 Å². The van der Waals surface area contributed by atoms with Crippen molar-refractivity contribution in [1.29, 1.82) is 0 Å². The zero-order valence-electron chi connectivity index (χ0n) is 21.9. The molecule has 208 valence electrons. The molecule has 1 fully saturated rings. The van der Waals surface area contributed by atoms with Gasteiger partial charge in [0.1, 0.15) is 17.1 Å². The number of nitrogens with zero attached hydrogens (tertiary/aromatic N) is 4. The van der Waals surface area contributed by atoms with Crippen molar-refractivity contribution in [2.75, 3.05) is 0 Å². The van der Waals surface area contributed by atoms with Crippen LogP contribution < -0.4 is 0 Å². The molecule has 1 aliphatic heterocycles. The molecule has 1 atom stereocenters. The Bertz CT molecular complexity index is 1440. The summed E-state index contributed by atoms with van der Waals surface area (Å²) in [6.07, 6.45) is -1.26. The number of ether oxygens (including phenoxy) is 1. The molecule has 0 bridgehead atoms. The summed E-state index contributed by atoms with van der Waals surface area (Å²) in [4.78, 5) is 22.1. The Morgan fingerprint density at radius 1 is 1.08 bits per heavy atom. The molecule has 0 radical (unpaired) electrons. The van der Waals surface area contributed by atoms with Crippen molar-refractivity contribution in [3.63, 3.8) is 0 Å². The number of benzene rings is 1. The van der Waals surface area contributed by atoms with E-state index >= 15 is 0 Å². The molecule has 2 aliphatic rings. The van der Waals surface area contributed by atoms with Gasteiger partial charge in [0.25, 0.3) is 5.78 Å². The van der Waals surface area contributed by atoms with Gasteiger partial charge in [0, 0.05) is 24.2 Å². The van der Waals surface area contributed by atoms with Crippen molar-refractivity contribution >= 4 is 11.7 Å². The van der Waals surface area contributed by atoms with E-state index in [1.165, 1.54) is 12.1 Å². The lowest BCUT2D eigenvalue weighted by atomic mass is 9.76. The van der Waals surface area contributed by atoms with Gasteiger partial charge in [-0.2, -0.15) is 18.2 Å². The van der Waals surface area contributed by atoms with Crippen molar-refractivity contribution in [1.82, 2.24) is 19.6 Å². The van der Waals surface area contributed by atoms with Crippen LogP contribution in [0, 0.1) is 19.8 Å². The fourth-order valence-electron chi connectivity index (χ4n) is 6.01. The van der Waals surface area contributed by atoms with Crippen LogP contribution >= 0.6 is 0 Å². The highest BCUT2D eigenvalue weighted by Crippen LogP contribution is 2.46. The third kappa shape index (κ3) is 5.86. The fourth-order valence-corrected chi connectivity index (χ4v) is 6.01. The molecular formula is C28H31F3N4O4. The Kier molecular flexibility index (Phi) is 7.02. The Labute approximate surface area is 223 Å². The van der Waals surface area contributed by atoms with Gasteiger partial charge in [-0.1, -0.05) is 18.9 Å². The number of cyclic esters (lactones) is 1. The smallest absolute Gasteiger partial charge is 0.393 e. The van der Waals surface area contributed by atoms with Gasteiger partial charge in [0.05, 0.1) is 12.0 Å². The normalized spacial score (nSPS) is 20.7. The molecule has 3 aromatic rings. The van der Waals surface area contributed by atoms with Gasteiger partial charge in [-0.15, -0.1) is 5.10 Å². The Morgan fingerprint density at radius 3 is 2.49 bits per heavy atom. The molecule has 1 aliphatic carbocycles. The van der Waals surface area contributed by atoms with Crippen molar-refractivity contribution in [3.05, 3.63) is 63.9 Å². The fraction of sp³-hybridized carbons (Fsp3) is 0.500. The Balaban J connectivity index is 1.39. The number of carbonyl (C=O) groups is 1. The van der Waals surface area contributed by atoms with Crippen LogP contribution in [0.25, 0.3) is 5.78 Å². The van der Waals surface area contributed by atoms with Gasteiger partial charge < -0.3 is 14.9 Å². The standard InChI is InChI=1S/C28H31F3N4O4/c1-16-9-17(2)35-26(32-16)33-24(34-35)13-22-23(37)15-27(39-25(22)38,20-5-3-4-6-20)8-7-18-10-19(12-21(36)11-18)14-28(29,30)31/h9-12,20,36-37H,3-8,13-15H2,1-2H3. The summed E-state index contributed by atoms with van der Waals surface area (Å²) < 4.78 is 46.5. The van der Waals surface area contributed by atoms with E-state index in [9.17, 15) is 28.2 Å². The molecule has 1 aromatic carbocycles.